The summed E-state index contributed by atoms with van der Waals surface area (Å²) in [6, 6.07) is 5.16. The third-order valence-electron chi connectivity index (χ3n) is 1.66. The van der Waals surface area contributed by atoms with Crippen molar-refractivity contribution in [2.24, 2.45) is 0 Å². The van der Waals surface area contributed by atoms with Gasteiger partial charge < -0.3 is 0 Å². The quantitative estimate of drug-likeness (QED) is 0.614. The molecule has 0 radical (unpaired) electrons. The van der Waals surface area contributed by atoms with Crippen LogP contribution in [0, 0.1) is 0 Å². The number of H-pyrrole nitrogens is 1. The average molecular weight is 197 g/mol. The van der Waals surface area contributed by atoms with Crippen molar-refractivity contribution in [1.29, 1.82) is 0 Å². The van der Waals surface area contributed by atoms with Gasteiger partial charge in [0.1, 0.15) is 0 Å². The second-order valence-electron chi connectivity index (χ2n) is 2.54. The van der Waals surface area contributed by atoms with Crippen molar-refractivity contribution >= 4 is 27.5 Å². The molecule has 2 N–H and O–H groups in total. The summed E-state index contributed by atoms with van der Waals surface area (Å²) in [5.41, 5.74) is 1.34. The molecule has 0 amide bonds. The van der Waals surface area contributed by atoms with Gasteiger partial charge in [-0.05, 0) is 18.2 Å². The fourth-order valence-electron chi connectivity index (χ4n) is 1.11. The van der Waals surface area contributed by atoms with Crippen LogP contribution in [-0.2, 0) is 10.9 Å². The van der Waals surface area contributed by atoms with E-state index in [0.717, 1.165) is 10.9 Å². The molecular weight excluding hydrogens is 190 g/mol. The molecule has 0 spiro atoms. The number of thiol groups is 1. The van der Waals surface area contributed by atoms with E-state index in [1.807, 2.05) is 0 Å². The summed E-state index contributed by atoms with van der Waals surface area (Å²) in [5, 5.41) is 7.51. The Morgan fingerprint density at radius 1 is 1.38 bits per heavy atom. The predicted octanol–water partition coefficient (Wildman–Crippen LogP) is 0.501. The van der Waals surface area contributed by atoms with Crippen LogP contribution in [0.2, 0.25) is 0 Å². The molecule has 6 heteroatoms. The normalized spacial score (nSPS) is 10.8. The Kier molecular flexibility index (Phi) is 1.90. The summed E-state index contributed by atoms with van der Waals surface area (Å²) in [4.78, 5) is 0. The minimum Gasteiger partial charge on any atom is -0.286 e. The topological polar surface area (TPSA) is 74.8 Å². The first-order valence-electron chi connectivity index (χ1n) is 3.60. The second kappa shape index (κ2) is 3.06. The Balaban J connectivity index is 2.48. The Labute approximate surface area is 75.9 Å². The lowest BCUT2D eigenvalue weighted by atomic mass is 10.2. The standard InChI is InChI=1S/C7H7N3O2S/c11-13(12)10-6-2-1-5-4-8-9-7(5)3-6/h1-4,13H,(H,8,9)(H,10,11,12). The lowest BCUT2D eigenvalue weighted by Gasteiger charge is -1.96. The minimum atomic E-state index is -2.60. The first kappa shape index (κ1) is 8.06. The van der Waals surface area contributed by atoms with Crippen LogP contribution in [-0.4, -0.2) is 18.6 Å². The molecule has 1 aromatic heterocycles. The molecule has 0 fully saturated rings. The van der Waals surface area contributed by atoms with Crippen molar-refractivity contribution in [2.75, 3.05) is 4.72 Å². The number of nitrogens with one attached hydrogen (secondary N) is 2. The van der Waals surface area contributed by atoms with Crippen LogP contribution < -0.4 is 4.72 Å². The van der Waals surface area contributed by atoms with E-state index in [0.29, 0.717) is 5.69 Å². The van der Waals surface area contributed by atoms with Crippen LogP contribution in [0.25, 0.3) is 10.9 Å². The zero-order valence-electron chi connectivity index (χ0n) is 6.52. The SMILES string of the molecule is O=[SH](=O)Nc1ccc2cn[nH]c2c1. The van der Waals surface area contributed by atoms with E-state index in [-0.39, 0.29) is 0 Å². The molecule has 2 rings (SSSR count). The maximum Gasteiger partial charge on any atom is 0.222 e. The number of hydrogen-bond donors (Lipinski definition) is 3. The van der Waals surface area contributed by atoms with Crippen LogP contribution in [0.1, 0.15) is 0 Å². The maximum atomic E-state index is 10.3. The van der Waals surface area contributed by atoms with E-state index in [4.69, 9.17) is 0 Å². The average Bonchev–Trinajstić information content (AvgIpc) is 2.49. The molecule has 1 aromatic carbocycles. The summed E-state index contributed by atoms with van der Waals surface area (Å²) >= 11 is 0. The molecule has 0 aliphatic carbocycles. The van der Waals surface area contributed by atoms with Gasteiger partial charge in [-0.1, -0.05) is 0 Å². The van der Waals surface area contributed by atoms with Gasteiger partial charge in [0.15, 0.2) is 0 Å². The monoisotopic (exact) mass is 197 g/mol. The van der Waals surface area contributed by atoms with Crippen molar-refractivity contribution in [1.82, 2.24) is 10.2 Å². The highest BCUT2D eigenvalue weighted by molar-refractivity contribution is 7.73. The van der Waals surface area contributed by atoms with Gasteiger partial charge in [-0.15, -0.1) is 0 Å². The summed E-state index contributed by atoms with van der Waals surface area (Å²) in [6.45, 7) is 0. The van der Waals surface area contributed by atoms with E-state index >= 15 is 0 Å². The largest absolute Gasteiger partial charge is 0.286 e. The lowest BCUT2D eigenvalue weighted by Crippen LogP contribution is -1.93. The summed E-state index contributed by atoms with van der Waals surface area (Å²) in [5.74, 6) is 0. The van der Waals surface area contributed by atoms with E-state index in [1.54, 1.807) is 24.4 Å². The highest BCUT2D eigenvalue weighted by Gasteiger charge is 1.96. The van der Waals surface area contributed by atoms with Gasteiger partial charge in [0.2, 0.25) is 10.9 Å². The summed E-state index contributed by atoms with van der Waals surface area (Å²) in [6.07, 6.45) is 1.68. The van der Waals surface area contributed by atoms with Gasteiger partial charge >= 0.3 is 0 Å². The number of fused-ring (bicyclic) bond motifs is 1. The first-order chi connectivity index (χ1) is 6.25. The number of hydrogen-bond acceptors (Lipinski definition) is 3. The van der Waals surface area contributed by atoms with Gasteiger partial charge in [0, 0.05) is 5.39 Å². The molecule has 13 heavy (non-hydrogen) atoms. The number of nitrogens with zero attached hydrogens (tertiary/aromatic N) is 1. The highest BCUT2D eigenvalue weighted by Crippen LogP contribution is 2.15. The predicted molar refractivity (Wildman–Crippen MR) is 50.0 cm³/mol. The Hall–Kier alpha value is -1.56. The summed E-state index contributed by atoms with van der Waals surface area (Å²) < 4.78 is 23.0. The van der Waals surface area contributed by atoms with Gasteiger partial charge in [0.25, 0.3) is 0 Å². The fourth-order valence-corrected chi connectivity index (χ4v) is 1.46. The molecular formula is C7H7N3O2S. The van der Waals surface area contributed by atoms with Crippen LogP contribution in [0.4, 0.5) is 5.69 Å². The smallest absolute Gasteiger partial charge is 0.222 e. The van der Waals surface area contributed by atoms with Gasteiger partial charge in [-0.2, -0.15) is 5.10 Å². The van der Waals surface area contributed by atoms with E-state index in [2.05, 4.69) is 14.9 Å². The third kappa shape index (κ3) is 1.62. The number of benzene rings is 1. The van der Waals surface area contributed by atoms with Gasteiger partial charge in [-0.25, -0.2) is 8.42 Å². The second-order valence-corrected chi connectivity index (χ2v) is 3.28. The van der Waals surface area contributed by atoms with Gasteiger partial charge in [0.05, 0.1) is 17.4 Å². The Morgan fingerprint density at radius 2 is 2.23 bits per heavy atom. The van der Waals surface area contributed by atoms with Crippen LogP contribution in [0.3, 0.4) is 0 Å². The lowest BCUT2D eigenvalue weighted by molar-refractivity contribution is 0.619. The fraction of sp³-hybridized carbons (Fsp3) is 0. The zero-order valence-corrected chi connectivity index (χ0v) is 7.41. The molecule has 0 aliphatic rings. The molecule has 0 bridgehead atoms. The Morgan fingerprint density at radius 3 is 3.00 bits per heavy atom. The Bertz CT molecular complexity index is 495. The number of anilines is 1. The van der Waals surface area contributed by atoms with Crippen molar-refractivity contribution in [3.05, 3.63) is 24.4 Å². The van der Waals surface area contributed by atoms with Gasteiger partial charge in [-0.3, -0.25) is 9.82 Å². The number of aromatic amines is 1. The molecule has 5 nitrogen and oxygen atoms in total. The van der Waals surface area contributed by atoms with Crippen molar-refractivity contribution in [3.8, 4) is 0 Å². The van der Waals surface area contributed by atoms with E-state index in [9.17, 15) is 8.42 Å². The highest BCUT2D eigenvalue weighted by atomic mass is 32.2. The van der Waals surface area contributed by atoms with E-state index in [1.165, 1.54) is 0 Å². The molecule has 0 aliphatic heterocycles. The number of rotatable bonds is 2. The molecule has 1 heterocycles. The molecule has 68 valence electrons. The zero-order chi connectivity index (χ0) is 9.26. The van der Waals surface area contributed by atoms with Crippen molar-refractivity contribution < 1.29 is 8.42 Å². The van der Waals surface area contributed by atoms with Crippen LogP contribution in [0.5, 0.6) is 0 Å². The van der Waals surface area contributed by atoms with E-state index < -0.39 is 10.9 Å². The first-order valence-corrected chi connectivity index (χ1v) is 4.77. The molecule has 0 atom stereocenters. The molecule has 0 saturated heterocycles. The third-order valence-corrected chi connectivity index (χ3v) is 2.10. The summed E-state index contributed by atoms with van der Waals surface area (Å²) in [7, 11) is -2.60. The number of aromatic nitrogens is 2. The molecule has 0 saturated carbocycles. The van der Waals surface area contributed by atoms with Crippen molar-refractivity contribution in [2.45, 2.75) is 0 Å². The minimum absolute atomic E-state index is 0.535. The molecule has 2 aromatic rings. The van der Waals surface area contributed by atoms with Crippen LogP contribution in [0.15, 0.2) is 24.4 Å². The van der Waals surface area contributed by atoms with Crippen molar-refractivity contribution in [3.63, 3.8) is 0 Å². The van der Waals surface area contributed by atoms with Crippen LogP contribution >= 0.6 is 0 Å². The molecule has 0 unspecified atom stereocenters. The maximum absolute atomic E-state index is 10.3.